The Morgan fingerprint density at radius 1 is 1.30 bits per heavy atom. The van der Waals surface area contributed by atoms with Crippen molar-refractivity contribution in [3.8, 4) is 0 Å². The quantitative estimate of drug-likeness (QED) is 0.419. The largest absolute Gasteiger partial charge is 0.528 e. The molecule has 0 spiro atoms. The SMILES string of the molecule is O=S(=O)(O)[O+]1CCOCC1. The molecule has 0 radical (unpaired) electrons. The molecule has 0 atom stereocenters. The minimum absolute atomic E-state index is 0.166. The van der Waals surface area contributed by atoms with Crippen LogP contribution in [0.2, 0.25) is 0 Å². The van der Waals surface area contributed by atoms with Gasteiger partial charge in [-0.15, -0.1) is 8.42 Å². The van der Waals surface area contributed by atoms with E-state index in [0.29, 0.717) is 13.2 Å². The molecule has 1 aliphatic rings. The molecule has 0 bridgehead atoms. The van der Waals surface area contributed by atoms with Gasteiger partial charge >= 0.3 is 10.4 Å². The molecular formula is C4H9O5S+. The maximum Gasteiger partial charge on any atom is 0.528 e. The zero-order valence-corrected chi connectivity index (χ0v) is 6.13. The Morgan fingerprint density at radius 3 is 2.10 bits per heavy atom. The third-order valence-corrected chi connectivity index (χ3v) is 2.14. The normalized spacial score (nSPS) is 22.9. The first-order chi connectivity index (χ1) is 4.61. The zero-order chi connectivity index (χ0) is 7.61. The average Bonchev–Trinajstić information content (AvgIpc) is 1.88. The molecule has 1 aliphatic heterocycles. The van der Waals surface area contributed by atoms with Crippen LogP contribution in [0.4, 0.5) is 0 Å². The third-order valence-electron chi connectivity index (χ3n) is 1.21. The topological polar surface area (TPSA) is 66.3 Å². The Hall–Kier alpha value is -0.170. The Labute approximate surface area is 59.2 Å². The van der Waals surface area contributed by atoms with Gasteiger partial charge < -0.3 is 4.74 Å². The van der Waals surface area contributed by atoms with Gasteiger partial charge in [0, 0.05) is 0 Å². The summed E-state index contributed by atoms with van der Waals surface area (Å²) < 4.78 is 35.8. The highest BCUT2D eigenvalue weighted by Crippen LogP contribution is 2.07. The van der Waals surface area contributed by atoms with Crippen molar-refractivity contribution in [2.24, 2.45) is 0 Å². The smallest absolute Gasteiger partial charge is 0.365 e. The molecule has 1 saturated heterocycles. The lowest BCUT2D eigenvalue weighted by Gasteiger charge is -2.18. The van der Waals surface area contributed by atoms with Gasteiger partial charge in [0.1, 0.15) is 13.2 Å². The lowest BCUT2D eigenvalue weighted by molar-refractivity contribution is -0.102. The van der Waals surface area contributed by atoms with E-state index in [0.717, 1.165) is 0 Å². The van der Waals surface area contributed by atoms with E-state index in [2.05, 4.69) is 0 Å². The van der Waals surface area contributed by atoms with E-state index in [1.54, 1.807) is 3.81 Å². The fourth-order valence-corrected chi connectivity index (χ4v) is 1.28. The van der Waals surface area contributed by atoms with Crippen LogP contribution in [-0.4, -0.2) is 39.4 Å². The molecule has 0 aromatic heterocycles. The number of ether oxygens (including phenoxy) is 1. The van der Waals surface area contributed by atoms with E-state index in [1.165, 1.54) is 0 Å². The van der Waals surface area contributed by atoms with Gasteiger partial charge in [-0.05, 0) is 0 Å². The molecular weight excluding hydrogens is 160 g/mol. The molecule has 5 nitrogen and oxygen atoms in total. The third kappa shape index (κ3) is 1.91. The van der Waals surface area contributed by atoms with Crippen LogP contribution in [0.3, 0.4) is 0 Å². The Balaban J connectivity index is 2.56. The number of hydrogen-bond donors (Lipinski definition) is 1. The van der Waals surface area contributed by atoms with Crippen LogP contribution in [0.5, 0.6) is 0 Å². The highest BCUT2D eigenvalue weighted by molar-refractivity contribution is 7.81. The zero-order valence-electron chi connectivity index (χ0n) is 5.32. The van der Waals surface area contributed by atoms with Crippen molar-refractivity contribution in [3.05, 3.63) is 0 Å². The molecule has 1 rings (SSSR count). The van der Waals surface area contributed by atoms with E-state index in [4.69, 9.17) is 9.29 Å². The summed E-state index contributed by atoms with van der Waals surface area (Å²) in [6.45, 7) is 0.979. The second kappa shape index (κ2) is 2.83. The van der Waals surface area contributed by atoms with Crippen molar-refractivity contribution in [3.63, 3.8) is 0 Å². The Kier molecular flexibility index (Phi) is 2.24. The summed E-state index contributed by atoms with van der Waals surface area (Å²) in [5.41, 5.74) is 0. The van der Waals surface area contributed by atoms with E-state index in [1.807, 2.05) is 0 Å². The maximum absolute atomic E-state index is 10.4. The van der Waals surface area contributed by atoms with Crippen LogP contribution in [0.25, 0.3) is 0 Å². The first-order valence-corrected chi connectivity index (χ1v) is 4.20. The summed E-state index contributed by atoms with van der Waals surface area (Å²) in [7, 11) is -4.06. The van der Waals surface area contributed by atoms with Gasteiger partial charge in [0.2, 0.25) is 0 Å². The first-order valence-electron chi connectivity index (χ1n) is 2.84. The van der Waals surface area contributed by atoms with Crippen LogP contribution >= 0.6 is 0 Å². The van der Waals surface area contributed by atoms with Crippen molar-refractivity contribution >= 4 is 10.4 Å². The summed E-state index contributed by atoms with van der Waals surface area (Å²) in [5, 5.41) is 0. The first kappa shape index (κ1) is 7.93. The predicted octanol–water partition coefficient (Wildman–Crippen LogP) is -0.628. The van der Waals surface area contributed by atoms with E-state index in [9.17, 15) is 8.42 Å². The van der Waals surface area contributed by atoms with Crippen LogP contribution in [0, 0.1) is 0 Å². The lowest BCUT2D eigenvalue weighted by atomic mass is 10.6. The molecule has 0 unspecified atom stereocenters. The van der Waals surface area contributed by atoms with Crippen LogP contribution < -0.4 is 0 Å². The highest BCUT2D eigenvalue weighted by Gasteiger charge is 2.27. The van der Waals surface area contributed by atoms with Gasteiger partial charge in [-0.25, -0.2) is 4.55 Å². The Bertz CT molecular complexity index is 190. The monoisotopic (exact) mass is 169 g/mol. The fraction of sp³-hybridized carbons (Fsp3) is 1.00. The average molecular weight is 169 g/mol. The van der Waals surface area contributed by atoms with Crippen molar-refractivity contribution in [2.75, 3.05) is 26.4 Å². The molecule has 0 amide bonds. The molecule has 0 aromatic carbocycles. The highest BCUT2D eigenvalue weighted by atomic mass is 32.3. The second-order valence-corrected chi connectivity index (χ2v) is 3.22. The molecule has 0 saturated carbocycles. The molecule has 60 valence electrons. The van der Waals surface area contributed by atoms with E-state index in [-0.39, 0.29) is 13.2 Å². The number of hydrogen-bond acceptors (Lipinski definition) is 3. The Morgan fingerprint density at radius 2 is 1.80 bits per heavy atom. The summed E-state index contributed by atoms with van der Waals surface area (Å²) >= 11 is 0. The molecule has 0 aliphatic carbocycles. The molecule has 1 heterocycles. The summed E-state index contributed by atoms with van der Waals surface area (Å²) in [6, 6.07) is 0. The molecule has 0 aromatic rings. The van der Waals surface area contributed by atoms with Gasteiger partial charge in [-0.1, -0.05) is 0 Å². The van der Waals surface area contributed by atoms with Gasteiger partial charge in [-0.2, -0.15) is 0 Å². The van der Waals surface area contributed by atoms with Crippen LogP contribution in [0.1, 0.15) is 0 Å². The van der Waals surface area contributed by atoms with Gasteiger partial charge in [-0.3, -0.25) is 3.81 Å². The standard InChI is InChI=1S/C4H8O5S/c5-10(6,7)9-3-1-8-2-4-9/h1-4H2/p+1. The second-order valence-electron chi connectivity index (χ2n) is 1.89. The predicted molar refractivity (Wildman–Crippen MR) is 33.2 cm³/mol. The van der Waals surface area contributed by atoms with Crippen molar-refractivity contribution < 1.29 is 21.5 Å². The van der Waals surface area contributed by atoms with Crippen molar-refractivity contribution in [2.45, 2.75) is 0 Å². The van der Waals surface area contributed by atoms with E-state index < -0.39 is 10.4 Å². The molecule has 1 fully saturated rings. The van der Waals surface area contributed by atoms with Gasteiger partial charge in [0.25, 0.3) is 0 Å². The van der Waals surface area contributed by atoms with Gasteiger partial charge in [0.05, 0.1) is 0 Å². The molecule has 1 N–H and O–H groups in total. The minimum atomic E-state index is -4.06. The van der Waals surface area contributed by atoms with Crippen molar-refractivity contribution in [1.29, 1.82) is 0 Å². The molecule has 10 heavy (non-hydrogen) atoms. The summed E-state index contributed by atoms with van der Waals surface area (Å²) in [4.78, 5) is 0. The van der Waals surface area contributed by atoms with Crippen LogP contribution in [-0.2, 0) is 18.9 Å². The number of rotatable bonds is 1. The van der Waals surface area contributed by atoms with E-state index >= 15 is 0 Å². The van der Waals surface area contributed by atoms with Gasteiger partial charge in [0.15, 0.2) is 13.2 Å². The molecule has 6 heteroatoms. The van der Waals surface area contributed by atoms with Crippen molar-refractivity contribution in [1.82, 2.24) is 0 Å². The lowest BCUT2D eigenvalue weighted by Crippen LogP contribution is -2.33. The summed E-state index contributed by atoms with van der Waals surface area (Å²) in [6.07, 6.45) is 0. The fourth-order valence-electron chi connectivity index (χ4n) is 0.718. The maximum atomic E-state index is 10.4. The van der Waals surface area contributed by atoms with Crippen LogP contribution in [0.15, 0.2) is 0 Å². The minimum Gasteiger partial charge on any atom is -0.365 e. The summed E-state index contributed by atoms with van der Waals surface area (Å²) in [5.74, 6) is 0.